The molecular weight excluding hydrogens is 352 g/mol. The Morgan fingerprint density at radius 2 is 2.14 bits per heavy atom. The molecule has 2 aromatic rings. The fourth-order valence-electron chi connectivity index (χ4n) is 4.29. The van der Waals surface area contributed by atoms with Crippen molar-refractivity contribution in [3.63, 3.8) is 0 Å². The topological polar surface area (TPSA) is 78.1 Å². The van der Waals surface area contributed by atoms with Crippen molar-refractivity contribution in [2.45, 2.75) is 58.5 Å². The molecule has 2 amide bonds. The molecule has 1 aromatic carbocycles. The lowest BCUT2D eigenvalue weighted by Crippen LogP contribution is -2.39. The second-order valence-electron chi connectivity index (χ2n) is 7.97. The average Bonchev–Trinajstić information content (AvgIpc) is 3.16. The largest absolute Gasteiger partial charge is 0.344 e. The Morgan fingerprint density at radius 1 is 1.32 bits per heavy atom. The Hall–Kier alpha value is -2.63. The molecule has 0 fully saturated rings. The minimum atomic E-state index is -0.156. The Labute approximate surface area is 165 Å². The third-order valence-corrected chi connectivity index (χ3v) is 6.17. The number of aromatic nitrogens is 2. The van der Waals surface area contributed by atoms with E-state index in [2.05, 4.69) is 33.7 Å². The zero-order valence-corrected chi connectivity index (χ0v) is 16.6. The summed E-state index contributed by atoms with van der Waals surface area (Å²) < 4.78 is 0. The quantitative estimate of drug-likeness (QED) is 0.855. The van der Waals surface area contributed by atoms with Crippen LogP contribution in [0, 0.1) is 5.92 Å². The lowest BCUT2D eigenvalue weighted by Gasteiger charge is -2.29. The van der Waals surface area contributed by atoms with Crippen LogP contribution in [0.1, 0.15) is 72.0 Å². The van der Waals surface area contributed by atoms with Gasteiger partial charge in [-0.3, -0.25) is 14.7 Å². The van der Waals surface area contributed by atoms with Gasteiger partial charge < -0.3 is 10.2 Å². The lowest BCUT2D eigenvalue weighted by atomic mass is 9.87. The molecule has 1 aromatic heterocycles. The number of hydrogen-bond acceptors (Lipinski definition) is 3. The second kappa shape index (κ2) is 7.78. The van der Waals surface area contributed by atoms with E-state index in [1.54, 1.807) is 0 Å². The van der Waals surface area contributed by atoms with Gasteiger partial charge in [-0.2, -0.15) is 5.10 Å². The Bertz CT molecular complexity index is 888. The summed E-state index contributed by atoms with van der Waals surface area (Å²) in [5, 5.41) is 10.5. The number of fused-ring (bicyclic) bond motifs is 2. The van der Waals surface area contributed by atoms with E-state index in [-0.39, 0.29) is 23.8 Å². The predicted molar refractivity (Wildman–Crippen MR) is 107 cm³/mol. The zero-order chi connectivity index (χ0) is 19.7. The van der Waals surface area contributed by atoms with Gasteiger partial charge in [0.1, 0.15) is 0 Å². The summed E-state index contributed by atoms with van der Waals surface area (Å²) in [5.41, 5.74) is 4.79. The molecule has 0 spiro atoms. The third-order valence-electron chi connectivity index (χ3n) is 6.17. The van der Waals surface area contributed by atoms with Crippen molar-refractivity contribution in [3.8, 4) is 0 Å². The molecule has 2 N–H and O–H groups in total. The number of benzene rings is 1. The molecule has 1 aliphatic carbocycles. The normalized spacial score (nSPS) is 19.5. The summed E-state index contributed by atoms with van der Waals surface area (Å²) in [6.07, 6.45) is 4.60. The first-order valence-electron chi connectivity index (χ1n) is 10.3. The van der Waals surface area contributed by atoms with Crippen LogP contribution >= 0.6 is 0 Å². The van der Waals surface area contributed by atoms with Crippen molar-refractivity contribution in [1.82, 2.24) is 20.4 Å². The van der Waals surface area contributed by atoms with Gasteiger partial charge in [0.05, 0.1) is 6.04 Å². The SMILES string of the molecule is CCC(C)C(=O)N1CCc2[nH]nc(C(=O)NC3CCCc4ccccc43)c2C1. The number of aryl methyl sites for hydroxylation is 1. The summed E-state index contributed by atoms with van der Waals surface area (Å²) in [4.78, 5) is 27.5. The molecular formula is C22H28N4O2. The van der Waals surface area contributed by atoms with Crippen LogP contribution in [0.4, 0.5) is 0 Å². The van der Waals surface area contributed by atoms with E-state index in [1.807, 2.05) is 24.8 Å². The standard InChI is InChI=1S/C22H28N4O2/c1-3-14(2)22(28)26-12-11-19-17(13-26)20(25-24-19)21(27)23-18-10-6-8-15-7-4-5-9-16(15)18/h4-5,7,9,14,18H,3,6,8,10-13H2,1-2H3,(H,23,27)(H,24,25). The van der Waals surface area contributed by atoms with Gasteiger partial charge in [0.15, 0.2) is 5.69 Å². The molecule has 1 aliphatic heterocycles. The van der Waals surface area contributed by atoms with Crippen LogP contribution in [0.2, 0.25) is 0 Å². The van der Waals surface area contributed by atoms with Crippen molar-refractivity contribution in [3.05, 3.63) is 52.3 Å². The third kappa shape index (κ3) is 3.43. The van der Waals surface area contributed by atoms with Gasteiger partial charge in [-0.05, 0) is 36.8 Å². The Balaban J connectivity index is 1.52. The maximum absolute atomic E-state index is 13.0. The Morgan fingerprint density at radius 3 is 2.96 bits per heavy atom. The maximum atomic E-state index is 13.0. The molecule has 0 saturated carbocycles. The number of rotatable bonds is 4. The van der Waals surface area contributed by atoms with Crippen LogP contribution < -0.4 is 5.32 Å². The van der Waals surface area contributed by atoms with Gasteiger partial charge in [-0.15, -0.1) is 0 Å². The number of amides is 2. The number of nitrogens with one attached hydrogen (secondary N) is 2. The van der Waals surface area contributed by atoms with Crippen molar-refractivity contribution < 1.29 is 9.59 Å². The summed E-state index contributed by atoms with van der Waals surface area (Å²) in [6, 6.07) is 8.34. The number of hydrogen-bond donors (Lipinski definition) is 2. The molecule has 6 heteroatoms. The molecule has 0 saturated heterocycles. The molecule has 148 valence electrons. The van der Waals surface area contributed by atoms with Crippen molar-refractivity contribution in [2.24, 2.45) is 5.92 Å². The van der Waals surface area contributed by atoms with Crippen LogP contribution in [0.15, 0.2) is 24.3 Å². The van der Waals surface area contributed by atoms with E-state index in [9.17, 15) is 9.59 Å². The van der Waals surface area contributed by atoms with E-state index < -0.39 is 0 Å². The predicted octanol–water partition coefficient (Wildman–Crippen LogP) is 3.15. The smallest absolute Gasteiger partial charge is 0.272 e. The summed E-state index contributed by atoms with van der Waals surface area (Å²) in [5.74, 6) is 0.00317. The molecule has 2 heterocycles. The first-order chi connectivity index (χ1) is 13.6. The number of H-pyrrole nitrogens is 1. The maximum Gasteiger partial charge on any atom is 0.272 e. The minimum absolute atomic E-state index is 0.00414. The van der Waals surface area contributed by atoms with E-state index in [0.717, 1.165) is 36.9 Å². The van der Waals surface area contributed by atoms with Crippen LogP contribution in [-0.4, -0.2) is 33.5 Å². The minimum Gasteiger partial charge on any atom is -0.344 e. The first kappa shape index (κ1) is 18.7. The molecule has 6 nitrogen and oxygen atoms in total. The number of carbonyl (C=O) groups is 2. The highest BCUT2D eigenvalue weighted by atomic mass is 16.2. The monoisotopic (exact) mass is 380 g/mol. The van der Waals surface area contributed by atoms with Gasteiger partial charge in [-0.1, -0.05) is 38.1 Å². The van der Waals surface area contributed by atoms with Gasteiger partial charge >= 0.3 is 0 Å². The Kier molecular flexibility index (Phi) is 5.20. The number of carbonyl (C=O) groups excluding carboxylic acids is 2. The highest BCUT2D eigenvalue weighted by molar-refractivity contribution is 5.94. The van der Waals surface area contributed by atoms with E-state index in [4.69, 9.17) is 0 Å². The highest BCUT2D eigenvalue weighted by Crippen LogP contribution is 2.30. The lowest BCUT2D eigenvalue weighted by molar-refractivity contribution is -0.136. The van der Waals surface area contributed by atoms with E-state index in [0.29, 0.717) is 25.2 Å². The fraction of sp³-hybridized carbons (Fsp3) is 0.500. The average molecular weight is 380 g/mol. The first-order valence-corrected chi connectivity index (χ1v) is 10.3. The van der Waals surface area contributed by atoms with E-state index >= 15 is 0 Å². The van der Waals surface area contributed by atoms with Crippen LogP contribution in [0.3, 0.4) is 0 Å². The summed E-state index contributed by atoms with van der Waals surface area (Å²) in [7, 11) is 0. The van der Waals surface area contributed by atoms with Crippen LogP contribution in [-0.2, 0) is 24.2 Å². The molecule has 2 aliphatic rings. The van der Waals surface area contributed by atoms with Crippen LogP contribution in [0.25, 0.3) is 0 Å². The fourth-order valence-corrected chi connectivity index (χ4v) is 4.29. The van der Waals surface area contributed by atoms with Crippen molar-refractivity contribution in [2.75, 3.05) is 6.54 Å². The number of aromatic amines is 1. The van der Waals surface area contributed by atoms with E-state index in [1.165, 1.54) is 11.1 Å². The second-order valence-corrected chi connectivity index (χ2v) is 7.97. The molecule has 0 radical (unpaired) electrons. The van der Waals surface area contributed by atoms with Gasteiger partial charge in [0.25, 0.3) is 5.91 Å². The molecule has 2 atom stereocenters. The molecule has 28 heavy (non-hydrogen) atoms. The summed E-state index contributed by atoms with van der Waals surface area (Å²) >= 11 is 0. The van der Waals surface area contributed by atoms with Crippen molar-refractivity contribution in [1.29, 1.82) is 0 Å². The zero-order valence-electron chi connectivity index (χ0n) is 16.6. The summed E-state index contributed by atoms with van der Waals surface area (Å²) in [6.45, 7) is 5.12. The van der Waals surface area contributed by atoms with Gasteiger partial charge in [0.2, 0.25) is 5.91 Å². The van der Waals surface area contributed by atoms with Gasteiger partial charge in [0, 0.05) is 36.7 Å². The highest BCUT2D eigenvalue weighted by Gasteiger charge is 2.30. The van der Waals surface area contributed by atoms with Crippen LogP contribution in [0.5, 0.6) is 0 Å². The molecule has 4 rings (SSSR count). The number of nitrogens with zero attached hydrogens (tertiary/aromatic N) is 2. The molecule has 0 bridgehead atoms. The van der Waals surface area contributed by atoms with Crippen molar-refractivity contribution >= 4 is 11.8 Å². The molecule has 2 unspecified atom stereocenters. The van der Waals surface area contributed by atoms with Gasteiger partial charge in [-0.25, -0.2) is 0 Å².